The molecule has 23 heavy (non-hydrogen) atoms. The van der Waals surface area contributed by atoms with E-state index in [4.69, 9.17) is 9.15 Å². The molecule has 1 spiro atoms. The third-order valence-corrected chi connectivity index (χ3v) is 5.79. The summed E-state index contributed by atoms with van der Waals surface area (Å²) >= 11 is 0. The Labute approximate surface area is 138 Å². The van der Waals surface area contributed by atoms with Gasteiger partial charge >= 0.3 is 0 Å². The van der Waals surface area contributed by atoms with Crippen molar-refractivity contribution in [2.24, 2.45) is 0 Å². The van der Waals surface area contributed by atoms with Gasteiger partial charge in [0.1, 0.15) is 0 Å². The molecule has 4 rings (SSSR count). The Balaban J connectivity index is 1.53. The van der Waals surface area contributed by atoms with Crippen molar-refractivity contribution in [1.29, 1.82) is 0 Å². The number of rotatable bonds is 3. The lowest BCUT2D eigenvalue weighted by Gasteiger charge is -2.40. The van der Waals surface area contributed by atoms with Gasteiger partial charge in [0.2, 0.25) is 0 Å². The van der Waals surface area contributed by atoms with Gasteiger partial charge in [0.15, 0.2) is 0 Å². The van der Waals surface area contributed by atoms with Gasteiger partial charge in [0.25, 0.3) is 0 Å². The molecule has 1 aromatic heterocycles. The van der Waals surface area contributed by atoms with Gasteiger partial charge in [-0.1, -0.05) is 23.8 Å². The highest BCUT2D eigenvalue weighted by Gasteiger charge is 2.45. The van der Waals surface area contributed by atoms with Crippen LogP contribution in [0.15, 0.2) is 41.2 Å². The first-order valence-electron chi connectivity index (χ1n) is 8.57. The summed E-state index contributed by atoms with van der Waals surface area (Å²) in [6, 6.07) is 9.01. The van der Waals surface area contributed by atoms with Gasteiger partial charge in [-0.3, -0.25) is 4.90 Å². The lowest BCUT2D eigenvalue weighted by Crippen LogP contribution is -2.41. The Morgan fingerprint density at radius 1 is 1.26 bits per heavy atom. The molecule has 0 saturated carbocycles. The quantitative estimate of drug-likeness (QED) is 0.849. The first-order chi connectivity index (χ1) is 11.2. The van der Waals surface area contributed by atoms with E-state index in [0.29, 0.717) is 5.41 Å². The summed E-state index contributed by atoms with van der Waals surface area (Å²) in [5.74, 6) is 0. The molecule has 1 aliphatic carbocycles. The van der Waals surface area contributed by atoms with E-state index in [1.807, 2.05) is 13.4 Å². The van der Waals surface area contributed by atoms with Crippen molar-refractivity contribution >= 4 is 0 Å². The van der Waals surface area contributed by atoms with Gasteiger partial charge in [0.05, 0.1) is 18.6 Å². The molecule has 0 N–H and O–H groups in total. The minimum absolute atomic E-state index is 0.269. The van der Waals surface area contributed by atoms with Crippen LogP contribution in [0.1, 0.15) is 47.6 Å². The highest BCUT2D eigenvalue weighted by atomic mass is 16.5. The van der Waals surface area contributed by atoms with Crippen LogP contribution in [-0.2, 0) is 16.7 Å². The van der Waals surface area contributed by atoms with Crippen molar-refractivity contribution in [3.8, 4) is 0 Å². The van der Waals surface area contributed by atoms with E-state index in [-0.39, 0.29) is 6.10 Å². The minimum atomic E-state index is 0.269. The van der Waals surface area contributed by atoms with Crippen LogP contribution in [0.2, 0.25) is 0 Å². The molecule has 2 aliphatic rings. The summed E-state index contributed by atoms with van der Waals surface area (Å²) in [6.45, 7) is 5.47. The van der Waals surface area contributed by atoms with E-state index in [2.05, 4.69) is 36.1 Å². The molecule has 0 bridgehead atoms. The maximum absolute atomic E-state index is 5.81. The Morgan fingerprint density at radius 2 is 2.09 bits per heavy atom. The molecule has 1 atom stereocenters. The summed E-state index contributed by atoms with van der Waals surface area (Å²) in [5, 5.41) is 0. The molecule has 1 unspecified atom stereocenters. The molecule has 3 nitrogen and oxygen atoms in total. The molecule has 2 heterocycles. The van der Waals surface area contributed by atoms with Crippen LogP contribution in [0.4, 0.5) is 0 Å². The first kappa shape index (κ1) is 15.0. The second-order valence-electron chi connectivity index (χ2n) is 7.21. The number of likely N-dealkylation sites (tertiary alicyclic amines) is 1. The van der Waals surface area contributed by atoms with E-state index in [1.54, 1.807) is 6.26 Å². The Morgan fingerprint density at radius 3 is 2.78 bits per heavy atom. The maximum Gasteiger partial charge on any atom is 0.0947 e. The molecule has 0 radical (unpaired) electrons. The zero-order valence-corrected chi connectivity index (χ0v) is 14.0. The number of ether oxygens (including phenoxy) is 1. The van der Waals surface area contributed by atoms with Crippen LogP contribution in [0.3, 0.4) is 0 Å². The number of nitrogens with zero attached hydrogens (tertiary/aromatic N) is 1. The molecule has 1 aliphatic heterocycles. The average molecular weight is 311 g/mol. The fourth-order valence-corrected chi connectivity index (χ4v) is 4.47. The average Bonchev–Trinajstić information content (AvgIpc) is 3.16. The summed E-state index contributed by atoms with van der Waals surface area (Å²) < 4.78 is 11.0. The van der Waals surface area contributed by atoms with Gasteiger partial charge in [-0.25, -0.2) is 0 Å². The molecule has 122 valence electrons. The zero-order valence-electron chi connectivity index (χ0n) is 14.0. The van der Waals surface area contributed by atoms with Crippen LogP contribution < -0.4 is 0 Å². The van der Waals surface area contributed by atoms with E-state index < -0.39 is 0 Å². The molecule has 2 aromatic rings. The van der Waals surface area contributed by atoms with E-state index in [1.165, 1.54) is 35.1 Å². The van der Waals surface area contributed by atoms with Crippen molar-refractivity contribution in [3.05, 3.63) is 59.0 Å². The molecule has 0 amide bonds. The number of hydrogen-bond donors (Lipinski definition) is 0. The standard InChI is InChI=1S/C20H25NO2/c1-15-3-4-18-17(11-15)19(22-2)12-20(18)6-8-21(9-7-20)13-16-5-10-23-14-16/h3-5,10-11,14,19H,6-9,12-13H2,1-2H3. The summed E-state index contributed by atoms with van der Waals surface area (Å²) in [6.07, 6.45) is 7.48. The van der Waals surface area contributed by atoms with Crippen LogP contribution in [0.25, 0.3) is 0 Å². The zero-order chi connectivity index (χ0) is 15.9. The fourth-order valence-electron chi connectivity index (χ4n) is 4.47. The highest BCUT2D eigenvalue weighted by molar-refractivity contribution is 5.44. The van der Waals surface area contributed by atoms with Crippen molar-refractivity contribution in [2.45, 2.75) is 44.2 Å². The second-order valence-corrected chi connectivity index (χ2v) is 7.21. The predicted molar refractivity (Wildman–Crippen MR) is 90.4 cm³/mol. The van der Waals surface area contributed by atoms with Crippen LogP contribution in [0.5, 0.6) is 0 Å². The van der Waals surface area contributed by atoms with Crippen LogP contribution in [0, 0.1) is 6.92 Å². The molecule has 1 saturated heterocycles. The SMILES string of the molecule is COC1CC2(CCN(Cc3ccoc3)CC2)c2ccc(C)cc21. The molecule has 1 aromatic carbocycles. The predicted octanol–water partition coefficient (Wildman–Crippen LogP) is 4.21. The number of aryl methyl sites for hydroxylation is 1. The monoisotopic (exact) mass is 311 g/mol. The molecule has 1 fully saturated rings. The molecule has 3 heteroatoms. The fraction of sp³-hybridized carbons (Fsp3) is 0.500. The number of fused-ring (bicyclic) bond motifs is 2. The third kappa shape index (κ3) is 2.62. The number of methoxy groups -OCH3 is 1. The Bertz CT molecular complexity index is 669. The lowest BCUT2D eigenvalue weighted by atomic mass is 9.73. The van der Waals surface area contributed by atoms with Gasteiger partial charge in [-0.05, 0) is 56.5 Å². The van der Waals surface area contributed by atoms with E-state index in [0.717, 1.165) is 26.1 Å². The number of benzene rings is 1. The topological polar surface area (TPSA) is 25.6 Å². The largest absolute Gasteiger partial charge is 0.472 e. The smallest absolute Gasteiger partial charge is 0.0947 e. The number of piperidine rings is 1. The highest BCUT2D eigenvalue weighted by Crippen LogP contribution is 2.52. The third-order valence-electron chi connectivity index (χ3n) is 5.79. The van der Waals surface area contributed by atoms with E-state index in [9.17, 15) is 0 Å². The van der Waals surface area contributed by atoms with E-state index >= 15 is 0 Å². The van der Waals surface area contributed by atoms with Crippen molar-refractivity contribution < 1.29 is 9.15 Å². The summed E-state index contributed by atoms with van der Waals surface area (Å²) in [5.41, 5.74) is 5.89. The first-order valence-corrected chi connectivity index (χ1v) is 8.57. The number of furan rings is 1. The Kier molecular flexibility index (Phi) is 3.78. The van der Waals surface area contributed by atoms with Gasteiger partial charge in [-0.2, -0.15) is 0 Å². The van der Waals surface area contributed by atoms with Gasteiger partial charge in [0, 0.05) is 24.6 Å². The van der Waals surface area contributed by atoms with Gasteiger partial charge in [-0.15, -0.1) is 0 Å². The summed E-state index contributed by atoms with van der Waals surface area (Å²) in [7, 11) is 1.85. The van der Waals surface area contributed by atoms with Crippen molar-refractivity contribution in [2.75, 3.05) is 20.2 Å². The normalized spacial score (nSPS) is 23.3. The molecular formula is C20H25NO2. The lowest BCUT2D eigenvalue weighted by molar-refractivity contribution is 0.0687. The maximum atomic E-state index is 5.81. The Hall–Kier alpha value is -1.58. The van der Waals surface area contributed by atoms with Gasteiger partial charge < -0.3 is 9.15 Å². The van der Waals surface area contributed by atoms with Crippen LogP contribution >= 0.6 is 0 Å². The minimum Gasteiger partial charge on any atom is -0.472 e. The second kappa shape index (κ2) is 5.81. The number of hydrogen-bond acceptors (Lipinski definition) is 3. The van der Waals surface area contributed by atoms with Crippen LogP contribution in [-0.4, -0.2) is 25.1 Å². The summed E-state index contributed by atoms with van der Waals surface area (Å²) in [4.78, 5) is 2.55. The van der Waals surface area contributed by atoms with Crippen molar-refractivity contribution in [1.82, 2.24) is 4.90 Å². The van der Waals surface area contributed by atoms with Crippen molar-refractivity contribution in [3.63, 3.8) is 0 Å². The molecular weight excluding hydrogens is 286 g/mol.